The molecule has 14 heavy (non-hydrogen) atoms. The van der Waals surface area contributed by atoms with Gasteiger partial charge in [-0.1, -0.05) is 6.07 Å². The number of nitrogens with zero attached hydrogens (tertiary/aromatic N) is 2. The molecule has 0 N–H and O–H groups in total. The van der Waals surface area contributed by atoms with Crippen LogP contribution < -0.4 is 0 Å². The molecule has 74 valence electrons. The van der Waals surface area contributed by atoms with Crippen LogP contribution in [-0.4, -0.2) is 29.8 Å². The first kappa shape index (κ1) is 10.4. The van der Waals surface area contributed by atoms with Crippen molar-refractivity contribution in [2.45, 2.75) is 6.92 Å². The highest BCUT2D eigenvalue weighted by Crippen LogP contribution is 2.04. The third-order valence-electron chi connectivity index (χ3n) is 1.77. The quantitative estimate of drug-likeness (QED) is 0.536. The fourth-order valence-electron chi connectivity index (χ4n) is 1.04. The first-order valence-corrected chi connectivity index (χ1v) is 4.42. The Hall–Kier alpha value is -1.64. The van der Waals surface area contributed by atoms with Gasteiger partial charge in [0.1, 0.15) is 5.69 Å². The molecule has 0 spiro atoms. The van der Waals surface area contributed by atoms with E-state index in [0.717, 1.165) is 5.56 Å². The van der Waals surface area contributed by atoms with E-state index in [1.54, 1.807) is 12.4 Å². The molecule has 1 rings (SSSR count). The smallest absolute Gasteiger partial charge is 0.205 e. The molecule has 0 aliphatic heterocycles. The molecule has 0 saturated heterocycles. The van der Waals surface area contributed by atoms with E-state index in [9.17, 15) is 4.79 Å². The zero-order valence-electron chi connectivity index (χ0n) is 8.69. The van der Waals surface area contributed by atoms with Crippen LogP contribution in [0.2, 0.25) is 0 Å². The number of carbonyl (C=O) groups is 1. The number of allylic oxidation sites excluding steroid dienone is 1. The maximum absolute atomic E-state index is 11.6. The molecule has 0 aromatic carbocycles. The molecule has 0 amide bonds. The van der Waals surface area contributed by atoms with Crippen LogP contribution in [0.5, 0.6) is 0 Å². The Morgan fingerprint density at radius 3 is 2.79 bits per heavy atom. The van der Waals surface area contributed by atoms with Crippen LogP contribution in [0.1, 0.15) is 16.1 Å². The lowest BCUT2D eigenvalue weighted by molar-refractivity contribution is 0.104. The van der Waals surface area contributed by atoms with Crippen molar-refractivity contribution < 1.29 is 4.79 Å². The summed E-state index contributed by atoms with van der Waals surface area (Å²) in [5.41, 5.74) is 1.42. The van der Waals surface area contributed by atoms with Crippen molar-refractivity contribution in [3.63, 3.8) is 0 Å². The first-order valence-electron chi connectivity index (χ1n) is 4.42. The van der Waals surface area contributed by atoms with E-state index in [2.05, 4.69) is 4.98 Å². The lowest BCUT2D eigenvalue weighted by Crippen LogP contribution is -2.05. The first-order chi connectivity index (χ1) is 6.61. The second-order valence-electron chi connectivity index (χ2n) is 3.31. The van der Waals surface area contributed by atoms with E-state index >= 15 is 0 Å². The summed E-state index contributed by atoms with van der Waals surface area (Å²) in [4.78, 5) is 17.4. The SMILES string of the molecule is Cc1cccnc1C(=O)/C=C/N(C)C. The van der Waals surface area contributed by atoms with Gasteiger partial charge in [0.05, 0.1) is 0 Å². The van der Waals surface area contributed by atoms with E-state index in [-0.39, 0.29) is 5.78 Å². The normalized spacial score (nSPS) is 10.5. The van der Waals surface area contributed by atoms with Gasteiger partial charge in [-0.25, -0.2) is 0 Å². The minimum Gasteiger partial charge on any atom is -0.383 e. The molecule has 0 radical (unpaired) electrons. The van der Waals surface area contributed by atoms with Gasteiger partial charge in [0, 0.05) is 32.6 Å². The number of aryl methyl sites for hydroxylation is 1. The van der Waals surface area contributed by atoms with Gasteiger partial charge >= 0.3 is 0 Å². The summed E-state index contributed by atoms with van der Waals surface area (Å²) < 4.78 is 0. The lowest BCUT2D eigenvalue weighted by Gasteiger charge is -2.03. The van der Waals surface area contributed by atoms with Crippen molar-refractivity contribution in [1.82, 2.24) is 9.88 Å². The number of pyridine rings is 1. The Balaban J connectivity index is 2.85. The summed E-state index contributed by atoms with van der Waals surface area (Å²) >= 11 is 0. The number of ketones is 1. The Bertz CT molecular complexity index is 356. The third kappa shape index (κ3) is 2.69. The number of carbonyl (C=O) groups excluding carboxylic acids is 1. The Morgan fingerprint density at radius 2 is 2.21 bits per heavy atom. The van der Waals surface area contributed by atoms with Crippen molar-refractivity contribution in [2.75, 3.05) is 14.1 Å². The van der Waals surface area contributed by atoms with E-state index in [0.29, 0.717) is 5.69 Å². The monoisotopic (exact) mass is 190 g/mol. The predicted molar refractivity (Wildman–Crippen MR) is 56.1 cm³/mol. The molecule has 0 aliphatic rings. The van der Waals surface area contributed by atoms with Crippen molar-refractivity contribution in [1.29, 1.82) is 0 Å². The number of aromatic nitrogens is 1. The summed E-state index contributed by atoms with van der Waals surface area (Å²) in [6, 6.07) is 3.70. The van der Waals surface area contributed by atoms with Crippen molar-refractivity contribution in [3.05, 3.63) is 41.9 Å². The van der Waals surface area contributed by atoms with Crippen molar-refractivity contribution in [3.8, 4) is 0 Å². The fourth-order valence-corrected chi connectivity index (χ4v) is 1.04. The maximum Gasteiger partial charge on any atom is 0.205 e. The Labute approximate surface area is 84.1 Å². The van der Waals surface area contributed by atoms with Gasteiger partial charge in [-0.15, -0.1) is 0 Å². The minimum absolute atomic E-state index is 0.0585. The average molecular weight is 190 g/mol. The van der Waals surface area contributed by atoms with Crippen LogP contribution in [0, 0.1) is 6.92 Å². The van der Waals surface area contributed by atoms with E-state index in [4.69, 9.17) is 0 Å². The van der Waals surface area contributed by atoms with E-state index in [1.165, 1.54) is 6.08 Å². The molecule has 0 fully saturated rings. The maximum atomic E-state index is 11.6. The molecular weight excluding hydrogens is 176 g/mol. The molecule has 0 atom stereocenters. The topological polar surface area (TPSA) is 33.2 Å². The average Bonchev–Trinajstić information content (AvgIpc) is 2.15. The molecule has 1 aromatic heterocycles. The molecular formula is C11H14N2O. The number of hydrogen-bond donors (Lipinski definition) is 0. The van der Waals surface area contributed by atoms with Crippen LogP contribution >= 0.6 is 0 Å². The molecule has 3 heteroatoms. The molecule has 0 saturated carbocycles. The minimum atomic E-state index is -0.0585. The van der Waals surface area contributed by atoms with Crippen LogP contribution in [0.15, 0.2) is 30.6 Å². The summed E-state index contributed by atoms with van der Waals surface area (Å²) in [7, 11) is 3.74. The van der Waals surface area contributed by atoms with Gasteiger partial charge in [0.25, 0.3) is 0 Å². The van der Waals surface area contributed by atoms with Crippen LogP contribution in [-0.2, 0) is 0 Å². The predicted octanol–water partition coefficient (Wildman–Crippen LogP) is 1.65. The summed E-state index contributed by atoms with van der Waals surface area (Å²) in [6.07, 6.45) is 4.87. The zero-order chi connectivity index (χ0) is 10.6. The highest BCUT2D eigenvalue weighted by atomic mass is 16.1. The van der Waals surface area contributed by atoms with Crippen LogP contribution in [0.25, 0.3) is 0 Å². The highest BCUT2D eigenvalue weighted by Gasteiger charge is 2.05. The Morgan fingerprint density at radius 1 is 1.50 bits per heavy atom. The van der Waals surface area contributed by atoms with Gasteiger partial charge in [-0.3, -0.25) is 9.78 Å². The van der Waals surface area contributed by atoms with Gasteiger partial charge in [0.2, 0.25) is 5.78 Å². The van der Waals surface area contributed by atoms with Crippen molar-refractivity contribution in [2.24, 2.45) is 0 Å². The third-order valence-corrected chi connectivity index (χ3v) is 1.77. The Kier molecular flexibility index (Phi) is 3.40. The molecule has 0 aliphatic carbocycles. The molecule has 1 aromatic rings. The lowest BCUT2D eigenvalue weighted by atomic mass is 10.1. The summed E-state index contributed by atoms with van der Waals surface area (Å²) in [5, 5.41) is 0. The second kappa shape index (κ2) is 4.56. The van der Waals surface area contributed by atoms with Gasteiger partial charge in [-0.05, 0) is 18.6 Å². The van der Waals surface area contributed by atoms with Gasteiger partial charge in [-0.2, -0.15) is 0 Å². The van der Waals surface area contributed by atoms with E-state index in [1.807, 2.05) is 38.1 Å². The van der Waals surface area contributed by atoms with E-state index < -0.39 is 0 Å². The number of rotatable bonds is 3. The molecule has 1 heterocycles. The largest absolute Gasteiger partial charge is 0.383 e. The molecule has 0 bridgehead atoms. The fraction of sp³-hybridized carbons (Fsp3) is 0.273. The van der Waals surface area contributed by atoms with Crippen LogP contribution in [0.3, 0.4) is 0 Å². The highest BCUT2D eigenvalue weighted by molar-refractivity contribution is 6.03. The second-order valence-corrected chi connectivity index (χ2v) is 3.31. The number of hydrogen-bond acceptors (Lipinski definition) is 3. The van der Waals surface area contributed by atoms with Crippen LogP contribution in [0.4, 0.5) is 0 Å². The zero-order valence-corrected chi connectivity index (χ0v) is 8.69. The summed E-state index contributed by atoms with van der Waals surface area (Å²) in [6.45, 7) is 1.88. The molecule has 3 nitrogen and oxygen atoms in total. The summed E-state index contributed by atoms with van der Waals surface area (Å²) in [5.74, 6) is -0.0585. The van der Waals surface area contributed by atoms with Gasteiger partial charge in [0.15, 0.2) is 0 Å². The molecule has 0 unspecified atom stereocenters. The van der Waals surface area contributed by atoms with Gasteiger partial charge < -0.3 is 4.90 Å². The standard InChI is InChI=1S/C11H14N2O/c1-9-5-4-7-12-11(9)10(14)6-8-13(2)3/h4-8H,1-3H3/b8-6+. The van der Waals surface area contributed by atoms with Crippen molar-refractivity contribution >= 4 is 5.78 Å².